The van der Waals surface area contributed by atoms with E-state index in [9.17, 15) is 9.59 Å². The zero-order valence-corrected chi connectivity index (χ0v) is 15.6. The van der Waals surface area contributed by atoms with Gasteiger partial charge in [0.1, 0.15) is 11.7 Å². The highest BCUT2D eigenvalue weighted by atomic mass is 16.5. The second kappa shape index (κ2) is 6.59. The summed E-state index contributed by atoms with van der Waals surface area (Å²) in [6, 6.07) is 17.3. The Morgan fingerprint density at radius 1 is 1.07 bits per heavy atom. The van der Waals surface area contributed by atoms with Crippen molar-refractivity contribution in [2.24, 2.45) is 0 Å². The average molecular weight is 387 g/mol. The van der Waals surface area contributed by atoms with E-state index in [1.807, 2.05) is 59.2 Å². The molecule has 5 rings (SSSR count). The van der Waals surface area contributed by atoms with E-state index in [4.69, 9.17) is 4.74 Å². The number of aromatic nitrogens is 4. The molecule has 29 heavy (non-hydrogen) atoms. The van der Waals surface area contributed by atoms with Gasteiger partial charge in [0.2, 0.25) is 11.9 Å². The molecule has 0 spiro atoms. The topological polar surface area (TPSA) is 91.0 Å². The first-order chi connectivity index (χ1) is 14.2. The normalized spacial score (nSPS) is 14.7. The number of carbonyl (C=O) groups excluding carboxylic acids is 1. The minimum Gasteiger partial charge on any atom is -0.462 e. The fraction of sp³-hybridized carbons (Fsp3) is 0.143. The number of nitrogens with one attached hydrogen (secondary N) is 1. The van der Waals surface area contributed by atoms with Crippen LogP contribution in [0.1, 0.15) is 29.0 Å². The summed E-state index contributed by atoms with van der Waals surface area (Å²) in [4.78, 5) is 34.6. The monoisotopic (exact) mass is 387 g/mol. The molecule has 3 heterocycles. The van der Waals surface area contributed by atoms with Crippen LogP contribution in [0.4, 0.5) is 11.9 Å². The van der Waals surface area contributed by atoms with Gasteiger partial charge in [0.05, 0.1) is 23.8 Å². The molecule has 0 saturated heterocycles. The first-order valence-electron chi connectivity index (χ1n) is 9.26. The largest absolute Gasteiger partial charge is 0.462 e. The van der Waals surface area contributed by atoms with Crippen LogP contribution in [-0.2, 0) is 4.74 Å². The number of carbonyl (C=O) groups is 1. The standard InChI is InChI=1S/C21H17N5O3/c1-2-29-19(28)14-12-22-20-24-21-23-15-10-6-7-11-16(15)25(21)17(26(20)18(14)27)13-8-4-3-5-9-13/h3-12,17H,2H2,1H3,(H,22,23,24). The highest BCUT2D eigenvalue weighted by molar-refractivity contribution is 5.89. The summed E-state index contributed by atoms with van der Waals surface area (Å²) in [5.41, 5.74) is 1.94. The molecule has 0 bridgehead atoms. The van der Waals surface area contributed by atoms with E-state index in [1.54, 1.807) is 6.92 Å². The van der Waals surface area contributed by atoms with Gasteiger partial charge in [-0.3, -0.25) is 19.2 Å². The minimum atomic E-state index is -0.687. The van der Waals surface area contributed by atoms with Gasteiger partial charge in [-0.05, 0) is 24.6 Å². The van der Waals surface area contributed by atoms with Crippen molar-refractivity contribution in [1.82, 2.24) is 19.1 Å². The molecule has 0 saturated carbocycles. The van der Waals surface area contributed by atoms with Gasteiger partial charge in [0.25, 0.3) is 5.56 Å². The van der Waals surface area contributed by atoms with Gasteiger partial charge in [-0.2, -0.15) is 0 Å². The van der Waals surface area contributed by atoms with Crippen LogP contribution in [-0.4, -0.2) is 31.7 Å². The van der Waals surface area contributed by atoms with Gasteiger partial charge >= 0.3 is 5.97 Å². The van der Waals surface area contributed by atoms with Gasteiger partial charge in [-0.1, -0.05) is 42.5 Å². The van der Waals surface area contributed by atoms with Crippen molar-refractivity contribution < 1.29 is 9.53 Å². The molecule has 0 aliphatic carbocycles. The predicted octanol–water partition coefficient (Wildman–Crippen LogP) is 2.92. The molecule has 1 N–H and O–H groups in total. The van der Waals surface area contributed by atoms with E-state index in [0.29, 0.717) is 11.9 Å². The molecule has 1 aliphatic heterocycles. The minimum absolute atomic E-state index is 0.105. The van der Waals surface area contributed by atoms with Crippen LogP contribution in [0, 0.1) is 0 Å². The number of para-hydroxylation sites is 2. The Morgan fingerprint density at radius 3 is 2.62 bits per heavy atom. The Morgan fingerprint density at radius 2 is 1.83 bits per heavy atom. The summed E-state index contributed by atoms with van der Waals surface area (Å²) in [5, 5.41) is 3.12. The smallest absolute Gasteiger partial charge is 0.345 e. The van der Waals surface area contributed by atoms with Gasteiger partial charge in [-0.15, -0.1) is 0 Å². The molecule has 2 aromatic carbocycles. The maximum absolute atomic E-state index is 13.3. The van der Waals surface area contributed by atoms with Gasteiger partial charge < -0.3 is 4.74 Å². The average Bonchev–Trinajstić information content (AvgIpc) is 3.11. The maximum Gasteiger partial charge on any atom is 0.345 e. The van der Waals surface area contributed by atoms with Gasteiger partial charge in [0.15, 0.2) is 0 Å². The summed E-state index contributed by atoms with van der Waals surface area (Å²) in [6.07, 6.45) is 0.698. The number of rotatable bonds is 3. The molecule has 1 unspecified atom stereocenters. The lowest BCUT2D eigenvalue weighted by Gasteiger charge is -2.30. The lowest BCUT2D eigenvalue weighted by molar-refractivity contribution is 0.0522. The molecule has 0 amide bonds. The van der Waals surface area contributed by atoms with Gasteiger partial charge in [-0.25, -0.2) is 14.8 Å². The summed E-state index contributed by atoms with van der Waals surface area (Å²) < 4.78 is 8.45. The lowest BCUT2D eigenvalue weighted by atomic mass is 10.1. The van der Waals surface area contributed by atoms with Crippen LogP contribution in [0.5, 0.6) is 0 Å². The number of imidazole rings is 1. The molecule has 144 valence electrons. The Kier molecular flexibility index (Phi) is 3.90. The number of nitrogens with zero attached hydrogens (tertiary/aromatic N) is 4. The molecular weight excluding hydrogens is 370 g/mol. The number of hydrogen-bond acceptors (Lipinski definition) is 6. The highest BCUT2D eigenvalue weighted by Gasteiger charge is 2.32. The molecule has 2 aromatic heterocycles. The molecule has 1 aliphatic rings. The quantitative estimate of drug-likeness (QED) is 0.479. The second-order valence-corrected chi connectivity index (χ2v) is 6.59. The fourth-order valence-corrected chi connectivity index (χ4v) is 3.66. The first kappa shape index (κ1) is 17.2. The zero-order valence-electron chi connectivity index (χ0n) is 15.6. The van der Waals surface area contributed by atoms with Crippen LogP contribution in [0.3, 0.4) is 0 Å². The Labute approximate surface area is 165 Å². The van der Waals surface area contributed by atoms with Crippen molar-refractivity contribution in [2.45, 2.75) is 13.1 Å². The number of anilines is 2. The number of benzene rings is 2. The number of esters is 1. The van der Waals surface area contributed by atoms with Crippen LogP contribution in [0.2, 0.25) is 0 Å². The van der Waals surface area contributed by atoms with E-state index >= 15 is 0 Å². The van der Waals surface area contributed by atoms with Crippen LogP contribution in [0.25, 0.3) is 11.0 Å². The summed E-state index contributed by atoms with van der Waals surface area (Å²) in [6.45, 7) is 1.87. The molecule has 1 atom stereocenters. The zero-order chi connectivity index (χ0) is 20.0. The third-order valence-corrected chi connectivity index (χ3v) is 4.89. The third-order valence-electron chi connectivity index (χ3n) is 4.89. The summed E-state index contributed by atoms with van der Waals surface area (Å²) in [7, 11) is 0. The molecule has 4 aromatic rings. The fourth-order valence-electron chi connectivity index (χ4n) is 3.66. The van der Waals surface area contributed by atoms with Crippen molar-refractivity contribution >= 4 is 28.9 Å². The van der Waals surface area contributed by atoms with Crippen molar-refractivity contribution in [3.63, 3.8) is 0 Å². The van der Waals surface area contributed by atoms with Crippen molar-refractivity contribution in [3.05, 3.63) is 82.3 Å². The second-order valence-electron chi connectivity index (χ2n) is 6.59. The van der Waals surface area contributed by atoms with Crippen molar-refractivity contribution in [3.8, 4) is 0 Å². The first-order valence-corrected chi connectivity index (χ1v) is 9.26. The summed E-state index contributed by atoms with van der Waals surface area (Å²) in [5.74, 6) is 0.212. The number of ether oxygens (including phenoxy) is 1. The summed E-state index contributed by atoms with van der Waals surface area (Å²) >= 11 is 0. The van der Waals surface area contributed by atoms with Crippen molar-refractivity contribution in [1.29, 1.82) is 0 Å². The predicted molar refractivity (Wildman–Crippen MR) is 107 cm³/mol. The molecule has 8 nitrogen and oxygen atoms in total. The molecule has 8 heteroatoms. The van der Waals surface area contributed by atoms with E-state index in [1.165, 1.54) is 10.8 Å². The van der Waals surface area contributed by atoms with E-state index in [2.05, 4.69) is 15.3 Å². The van der Waals surface area contributed by atoms with Crippen LogP contribution < -0.4 is 10.9 Å². The Hall–Kier alpha value is -3.94. The van der Waals surface area contributed by atoms with Gasteiger partial charge in [0, 0.05) is 0 Å². The van der Waals surface area contributed by atoms with Crippen molar-refractivity contribution in [2.75, 3.05) is 11.9 Å². The number of fused-ring (bicyclic) bond motifs is 4. The molecular formula is C21H17N5O3. The van der Waals surface area contributed by atoms with E-state index in [-0.39, 0.29) is 12.2 Å². The molecule has 0 radical (unpaired) electrons. The van der Waals surface area contributed by atoms with Crippen LogP contribution in [0.15, 0.2) is 65.6 Å². The lowest BCUT2D eigenvalue weighted by Crippen LogP contribution is -2.39. The van der Waals surface area contributed by atoms with Crippen LogP contribution >= 0.6 is 0 Å². The van der Waals surface area contributed by atoms with E-state index in [0.717, 1.165) is 16.6 Å². The highest BCUT2D eigenvalue weighted by Crippen LogP contribution is 2.35. The Bertz CT molecular complexity index is 1290. The molecule has 0 fully saturated rings. The number of hydrogen-bond donors (Lipinski definition) is 1. The maximum atomic E-state index is 13.3. The van der Waals surface area contributed by atoms with E-state index < -0.39 is 17.7 Å². The SMILES string of the molecule is CCOC(=O)c1cnc2n(c1=O)C(c1ccccc1)n1c(nc3ccccc31)N2. The third kappa shape index (κ3) is 2.60. The Balaban J connectivity index is 1.81.